The molecule has 2 rings (SSSR count). The van der Waals surface area contributed by atoms with E-state index >= 15 is 0 Å². The molecule has 0 atom stereocenters. The van der Waals surface area contributed by atoms with Gasteiger partial charge in [-0.15, -0.1) is 0 Å². The van der Waals surface area contributed by atoms with Crippen LogP contribution in [0.4, 0.5) is 0 Å². The standard InChI is InChI=1S/C12H15N3O/c1-8(2)11-9(3)14-15(12(11)16)10-4-6-13-7-5-10/h4-8,14H,1-3H3. The van der Waals surface area contributed by atoms with E-state index < -0.39 is 0 Å². The van der Waals surface area contributed by atoms with Crippen LogP contribution in [0.15, 0.2) is 29.3 Å². The minimum atomic E-state index is 0.0266. The molecule has 0 bridgehead atoms. The zero-order chi connectivity index (χ0) is 11.7. The molecule has 0 amide bonds. The molecule has 2 aromatic heterocycles. The summed E-state index contributed by atoms with van der Waals surface area (Å²) in [5, 5.41) is 3.09. The maximum Gasteiger partial charge on any atom is 0.274 e. The fourth-order valence-corrected chi connectivity index (χ4v) is 1.91. The lowest BCUT2D eigenvalue weighted by Gasteiger charge is -2.00. The van der Waals surface area contributed by atoms with Gasteiger partial charge in [0.2, 0.25) is 0 Å². The van der Waals surface area contributed by atoms with Gasteiger partial charge in [0.05, 0.1) is 5.69 Å². The summed E-state index contributed by atoms with van der Waals surface area (Å²) < 4.78 is 1.56. The second-order valence-corrected chi connectivity index (χ2v) is 4.15. The van der Waals surface area contributed by atoms with Gasteiger partial charge in [0, 0.05) is 23.7 Å². The first-order valence-electron chi connectivity index (χ1n) is 5.33. The first-order chi connectivity index (χ1) is 7.61. The molecule has 2 aromatic rings. The Bertz CT molecular complexity index is 537. The molecule has 0 aliphatic carbocycles. The first kappa shape index (κ1) is 10.7. The van der Waals surface area contributed by atoms with E-state index in [9.17, 15) is 4.79 Å². The van der Waals surface area contributed by atoms with E-state index in [4.69, 9.17) is 0 Å². The van der Waals surface area contributed by atoms with Crippen LogP contribution in [0.25, 0.3) is 5.69 Å². The summed E-state index contributed by atoms with van der Waals surface area (Å²) >= 11 is 0. The van der Waals surface area contributed by atoms with E-state index in [2.05, 4.69) is 10.1 Å². The maximum absolute atomic E-state index is 12.1. The van der Waals surface area contributed by atoms with Gasteiger partial charge in [-0.3, -0.25) is 14.9 Å². The fourth-order valence-electron chi connectivity index (χ4n) is 1.91. The summed E-state index contributed by atoms with van der Waals surface area (Å²) in [6.45, 7) is 5.97. The number of H-pyrrole nitrogens is 1. The summed E-state index contributed by atoms with van der Waals surface area (Å²) in [6, 6.07) is 3.61. The van der Waals surface area contributed by atoms with Crippen molar-refractivity contribution in [2.75, 3.05) is 0 Å². The van der Waals surface area contributed by atoms with Gasteiger partial charge in [-0.25, -0.2) is 4.68 Å². The van der Waals surface area contributed by atoms with Crippen molar-refractivity contribution in [2.45, 2.75) is 26.7 Å². The smallest absolute Gasteiger partial charge is 0.274 e. The van der Waals surface area contributed by atoms with Crippen molar-refractivity contribution in [1.29, 1.82) is 0 Å². The number of pyridine rings is 1. The van der Waals surface area contributed by atoms with Crippen molar-refractivity contribution in [1.82, 2.24) is 14.8 Å². The zero-order valence-corrected chi connectivity index (χ0v) is 9.69. The van der Waals surface area contributed by atoms with Gasteiger partial charge >= 0.3 is 0 Å². The average molecular weight is 217 g/mol. The molecule has 0 unspecified atom stereocenters. The lowest BCUT2D eigenvalue weighted by molar-refractivity contribution is 0.823. The third-order valence-electron chi connectivity index (χ3n) is 2.62. The Balaban J connectivity index is 2.61. The van der Waals surface area contributed by atoms with Crippen molar-refractivity contribution in [3.05, 3.63) is 46.1 Å². The SMILES string of the molecule is Cc1[nH]n(-c2ccncc2)c(=O)c1C(C)C. The predicted octanol–water partition coefficient (Wildman–Crippen LogP) is 1.99. The molecule has 16 heavy (non-hydrogen) atoms. The highest BCUT2D eigenvalue weighted by Gasteiger charge is 2.14. The molecule has 4 heteroatoms. The van der Waals surface area contributed by atoms with Crippen molar-refractivity contribution in [2.24, 2.45) is 0 Å². The molecule has 0 spiro atoms. The highest BCUT2D eigenvalue weighted by molar-refractivity contribution is 5.31. The molecular formula is C12H15N3O. The number of aromatic amines is 1. The van der Waals surface area contributed by atoms with Crippen LogP contribution >= 0.6 is 0 Å². The lowest BCUT2D eigenvalue weighted by Crippen LogP contribution is -2.17. The van der Waals surface area contributed by atoms with E-state index in [1.54, 1.807) is 29.2 Å². The van der Waals surface area contributed by atoms with Crippen LogP contribution in [0.1, 0.15) is 31.0 Å². The Kier molecular flexibility index (Phi) is 2.64. The summed E-state index contributed by atoms with van der Waals surface area (Å²) in [5.41, 5.74) is 2.61. The topological polar surface area (TPSA) is 50.7 Å². The van der Waals surface area contributed by atoms with E-state index in [0.717, 1.165) is 16.9 Å². The van der Waals surface area contributed by atoms with Gasteiger partial charge in [-0.2, -0.15) is 0 Å². The van der Waals surface area contributed by atoms with E-state index in [1.807, 2.05) is 20.8 Å². The van der Waals surface area contributed by atoms with Gasteiger partial charge in [-0.1, -0.05) is 13.8 Å². The van der Waals surface area contributed by atoms with E-state index in [1.165, 1.54) is 0 Å². The van der Waals surface area contributed by atoms with Gasteiger partial charge in [0.1, 0.15) is 0 Å². The molecule has 0 radical (unpaired) electrons. The molecule has 0 fully saturated rings. The highest BCUT2D eigenvalue weighted by atomic mass is 16.1. The number of rotatable bonds is 2. The number of nitrogens with zero attached hydrogens (tertiary/aromatic N) is 2. The largest absolute Gasteiger partial charge is 0.295 e. The molecule has 0 saturated carbocycles. The quantitative estimate of drug-likeness (QED) is 0.836. The van der Waals surface area contributed by atoms with Crippen LogP contribution in [-0.2, 0) is 0 Å². The summed E-state index contributed by atoms with van der Waals surface area (Å²) in [6.07, 6.45) is 3.35. The Morgan fingerprint density at radius 3 is 2.44 bits per heavy atom. The number of hydrogen-bond donors (Lipinski definition) is 1. The molecule has 0 aliphatic rings. The first-order valence-corrected chi connectivity index (χ1v) is 5.33. The third kappa shape index (κ3) is 1.66. The van der Waals surface area contributed by atoms with Crippen molar-refractivity contribution >= 4 is 0 Å². The van der Waals surface area contributed by atoms with Crippen LogP contribution in [0.3, 0.4) is 0 Å². The Labute approximate surface area is 93.9 Å². The number of aryl methyl sites for hydroxylation is 1. The lowest BCUT2D eigenvalue weighted by atomic mass is 10.1. The maximum atomic E-state index is 12.1. The van der Waals surface area contributed by atoms with Crippen molar-refractivity contribution in [3.63, 3.8) is 0 Å². The van der Waals surface area contributed by atoms with E-state index in [-0.39, 0.29) is 11.5 Å². The normalized spacial score (nSPS) is 11.0. The van der Waals surface area contributed by atoms with Gasteiger partial charge in [0.15, 0.2) is 0 Å². The Morgan fingerprint density at radius 2 is 1.94 bits per heavy atom. The molecule has 1 N–H and O–H groups in total. The molecule has 0 aliphatic heterocycles. The minimum absolute atomic E-state index is 0.0266. The van der Waals surface area contributed by atoms with Crippen molar-refractivity contribution < 1.29 is 0 Å². The zero-order valence-electron chi connectivity index (χ0n) is 9.69. The molecule has 0 aromatic carbocycles. The van der Waals surface area contributed by atoms with Gasteiger partial charge < -0.3 is 0 Å². The van der Waals surface area contributed by atoms with Crippen LogP contribution in [0.2, 0.25) is 0 Å². The van der Waals surface area contributed by atoms with Gasteiger partial charge in [-0.05, 0) is 25.0 Å². The Morgan fingerprint density at radius 1 is 1.31 bits per heavy atom. The second-order valence-electron chi connectivity index (χ2n) is 4.15. The summed E-state index contributed by atoms with van der Waals surface area (Å²) in [7, 11) is 0. The molecule has 0 saturated heterocycles. The number of aromatic nitrogens is 3. The van der Waals surface area contributed by atoms with Crippen LogP contribution < -0.4 is 5.56 Å². The van der Waals surface area contributed by atoms with E-state index in [0.29, 0.717) is 0 Å². The predicted molar refractivity (Wildman–Crippen MR) is 63.0 cm³/mol. The molecule has 84 valence electrons. The van der Waals surface area contributed by atoms with Crippen LogP contribution in [-0.4, -0.2) is 14.8 Å². The summed E-state index contributed by atoms with van der Waals surface area (Å²) in [4.78, 5) is 16.1. The average Bonchev–Trinajstić information content (AvgIpc) is 2.55. The van der Waals surface area contributed by atoms with Crippen LogP contribution in [0.5, 0.6) is 0 Å². The van der Waals surface area contributed by atoms with Crippen molar-refractivity contribution in [3.8, 4) is 5.69 Å². The van der Waals surface area contributed by atoms with Crippen LogP contribution in [0, 0.1) is 6.92 Å². The second kappa shape index (κ2) is 3.96. The third-order valence-corrected chi connectivity index (χ3v) is 2.62. The minimum Gasteiger partial charge on any atom is -0.295 e. The summed E-state index contributed by atoms with van der Waals surface area (Å²) in [5.74, 6) is 0.229. The number of hydrogen-bond acceptors (Lipinski definition) is 2. The monoisotopic (exact) mass is 217 g/mol. The molecular weight excluding hydrogens is 202 g/mol. The van der Waals surface area contributed by atoms with Gasteiger partial charge in [0.25, 0.3) is 5.56 Å². The molecule has 2 heterocycles. The highest BCUT2D eigenvalue weighted by Crippen LogP contribution is 2.14. The Hall–Kier alpha value is -1.84. The fraction of sp³-hybridized carbons (Fsp3) is 0.333. The molecule has 4 nitrogen and oxygen atoms in total. The number of nitrogens with one attached hydrogen (secondary N) is 1.